The summed E-state index contributed by atoms with van der Waals surface area (Å²) in [6.07, 6.45) is 15.3. The predicted octanol–water partition coefficient (Wildman–Crippen LogP) is 12.2. The van der Waals surface area contributed by atoms with Crippen LogP contribution in [0, 0.1) is 0 Å². The van der Waals surface area contributed by atoms with Crippen LogP contribution in [0.4, 0.5) is 17.1 Å². The van der Waals surface area contributed by atoms with Gasteiger partial charge >= 0.3 is 5.97 Å². The number of anilines is 3. The number of carbonyl (C=O) groups is 1. The zero-order valence-electron chi connectivity index (χ0n) is 28.5. The normalized spacial score (nSPS) is 15.8. The van der Waals surface area contributed by atoms with Crippen LogP contribution >= 0.6 is 11.6 Å². The molecule has 0 aliphatic carbocycles. The van der Waals surface area contributed by atoms with Crippen LogP contribution in [-0.2, 0) is 10.3 Å². The van der Waals surface area contributed by atoms with E-state index in [1.807, 2.05) is 66.7 Å². The Balaban J connectivity index is 1.33. The van der Waals surface area contributed by atoms with Crippen molar-refractivity contribution in [2.45, 2.75) is 96.5 Å². The lowest BCUT2D eigenvalue weighted by atomic mass is 9.77. The van der Waals surface area contributed by atoms with Crippen molar-refractivity contribution in [1.29, 1.82) is 0 Å². The third-order valence-corrected chi connectivity index (χ3v) is 10.0. The van der Waals surface area contributed by atoms with Gasteiger partial charge in [0.1, 0.15) is 11.5 Å². The van der Waals surface area contributed by atoms with Gasteiger partial charge in [0.15, 0.2) is 5.60 Å². The first-order valence-corrected chi connectivity index (χ1v) is 18.5. The standard InChI is InChI=1S/C42H49ClN2O3/c1-3-5-7-9-11-15-27-45(28-16-12-10-8-6-4-2)34-24-25-37-40(30-34)47-39-26-23-33(44-32-21-19-31(43)20-22-32)29-38(39)42(37)36-18-14-13-17-35(36)41(46)48-42/h13-14,17-26,29-30,44H,3-12,15-16,27-28H2,1-2H3. The average molecular weight is 665 g/mol. The summed E-state index contributed by atoms with van der Waals surface area (Å²) in [7, 11) is 0. The van der Waals surface area contributed by atoms with Crippen LogP contribution in [0.15, 0.2) is 84.9 Å². The molecule has 4 aromatic carbocycles. The largest absolute Gasteiger partial charge is 0.456 e. The zero-order valence-corrected chi connectivity index (χ0v) is 29.3. The summed E-state index contributed by atoms with van der Waals surface area (Å²) < 4.78 is 13.2. The Bertz CT molecular complexity index is 1670. The maximum atomic E-state index is 13.5. The number of nitrogens with one attached hydrogen (secondary N) is 1. The van der Waals surface area contributed by atoms with Crippen molar-refractivity contribution in [3.8, 4) is 11.5 Å². The van der Waals surface area contributed by atoms with E-state index in [9.17, 15) is 4.79 Å². The SMILES string of the molecule is CCCCCCCCN(CCCCCCCC)c1ccc2c(c1)Oc1ccc(Nc3ccc(Cl)cc3)cc1C21OC(=O)c2ccccc21. The topological polar surface area (TPSA) is 50.8 Å². The Labute approximate surface area is 291 Å². The van der Waals surface area contributed by atoms with Gasteiger partial charge in [-0.2, -0.15) is 0 Å². The summed E-state index contributed by atoms with van der Waals surface area (Å²) >= 11 is 6.13. The fraction of sp³-hybridized carbons (Fsp3) is 0.405. The summed E-state index contributed by atoms with van der Waals surface area (Å²) in [5.41, 5.74) is 4.90. The molecular weight excluding hydrogens is 616 g/mol. The van der Waals surface area contributed by atoms with Crippen LogP contribution < -0.4 is 15.0 Å². The highest BCUT2D eigenvalue weighted by atomic mass is 35.5. The Morgan fingerprint density at radius 3 is 2.00 bits per heavy atom. The minimum atomic E-state index is -1.11. The second-order valence-corrected chi connectivity index (χ2v) is 13.7. The molecule has 252 valence electrons. The molecule has 2 aliphatic heterocycles. The van der Waals surface area contributed by atoms with E-state index in [4.69, 9.17) is 21.1 Å². The van der Waals surface area contributed by atoms with Crippen LogP contribution in [0.25, 0.3) is 0 Å². The Hall–Kier alpha value is -3.96. The molecule has 6 rings (SSSR count). The number of nitrogens with zero attached hydrogens (tertiary/aromatic N) is 1. The fourth-order valence-electron chi connectivity index (χ4n) is 7.17. The summed E-state index contributed by atoms with van der Waals surface area (Å²) in [5.74, 6) is 1.10. The van der Waals surface area contributed by atoms with Crippen molar-refractivity contribution in [2.24, 2.45) is 0 Å². The molecule has 0 saturated heterocycles. The Morgan fingerprint density at radius 2 is 1.29 bits per heavy atom. The fourth-order valence-corrected chi connectivity index (χ4v) is 7.30. The van der Waals surface area contributed by atoms with E-state index in [1.165, 1.54) is 77.0 Å². The molecule has 0 saturated carbocycles. The van der Waals surface area contributed by atoms with Gasteiger partial charge in [0, 0.05) is 57.9 Å². The molecule has 1 spiro atoms. The van der Waals surface area contributed by atoms with Crippen LogP contribution in [0.3, 0.4) is 0 Å². The number of halogens is 1. The molecule has 6 heteroatoms. The molecule has 0 amide bonds. The molecular formula is C42H49ClN2O3. The highest BCUT2D eigenvalue weighted by Gasteiger charge is 2.53. The van der Waals surface area contributed by atoms with Gasteiger partial charge in [-0.15, -0.1) is 0 Å². The maximum absolute atomic E-state index is 13.5. The average Bonchev–Trinajstić information content (AvgIpc) is 3.40. The zero-order chi connectivity index (χ0) is 33.3. The van der Waals surface area contributed by atoms with Crippen LogP contribution in [0.1, 0.15) is 118 Å². The summed E-state index contributed by atoms with van der Waals surface area (Å²) in [4.78, 5) is 16.0. The maximum Gasteiger partial charge on any atom is 0.340 e. The molecule has 0 aromatic heterocycles. The number of hydrogen-bond acceptors (Lipinski definition) is 5. The predicted molar refractivity (Wildman–Crippen MR) is 198 cm³/mol. The van der Waals surface area contributed by atoms with Crippen molar-refractivity contribution in [2.75, 3.05) is 23.3 Å². The number of esters is 1. The smallest absolute Gasteiger partial charge is 0.340 e. The first-order valence-electron chi connectivity index (χ1n) is 18.1. The van der Waals surface area contributed by atoms with Gasteiger partial charge in [-0.3, -0.25) is 0 Å². The summed E-state index contributed by atoms with van der Waals surface area (Å²) in [6.45, 7) is 6.59. The molecule has 1 N–H and O–H groups in total. The number of hydrogen-bond donors (Lipinski definition) is 1. The van der Waals surface area contributed by atoms with Gasteiger partial charge in [-0.25, -0.2) is 4.79 Å². The van der Waals surface area contributed by atoms with E-state index >= 15 is 0 Å². The first kappa shape index (κ1) is 33.9. The third-order valence-electron chi connectivity index (χ3n) is 9.76. The van der Waals surface area contributed by atoms with Crippen molar-refractivity contribution in [1.82, 2.24) is 0 Å². The van der Waals surface area contributed by atoms with E-state index in [0.29, 0.717) is 16.3 Å². The van der Waals surface area contributed by atoms with Crippen LogP contribution in [0.5, 0.6) is 11.5 Å². The highest BCUT2D eigenvalue weighted by molar-refractivity contribution is 6.30. The number of ether oxygens (including phenoxy) is 2. The van der Waals surface area contributed by atoms with Gasteiger partial charge in [0.2, 0.25) is 0 Å². The summed E-state index contributed by atoms with van der Waals surface area (Å²) in [5, 5.41) is 4.16. The van der Waals surface area contributed by atoms with E-state index in [2.05, 4.69) is 42.3 Å². The van der Waals surface area contributed by atoms with E-state index in [1.54, 1.807) is 0 Å². The molecule has 48 heavy (non-hydrogen) atoms. The van der Waals surface area contributed by atoms with E-state index < -0.39 is 5.60 Å². The Morgan fingerprint density at radius 1 is 0.646 bits per heavy atom. The quantitative estimate of drug-likeness (QED) is 0.0899. The highest BCUT2D eigenvalue weighted by Crippen LogP contribution is 2.57. The minimum absolute atomic E-state index is 0.322. The molecule has 0 radical (unpaired) electrons. The first-order chi connectivity index (χ1) is 23.5. The van der Waals surface area contributed by atoms with Crippen LogP contribution in [0.2, 0.25) is 5.02 Å². The van der Waals surface area contributed by atoms with Crippen molar-refractivity contribution in [3.63, 3.8) is 0 Å². The molecule has 0 fully saturated rings. The molecule has 4 aromatic rings. The number of carbonyl (C=O) groups excluding carboxylic acids is 1. The van der Waals surface area contributed by atoms with Gasteiger partial charge < -0.3 is 19.7 Å². The van der Waals surface area contributed by atoms with E-state index in [0.717, 1.165) is 52.6 Å². The molecule has 1 atom stereocenters. The minimum Gasteiger partial charge on any atom is -0.456 e. The van der Waals surface area contributed by atoms with Gasteiger partial charge in [-0.1, -0.05) is 108 Å². The third kappa shape index (κ3) is 7.37. The molecule has 1 unspecified atom stereocenters. The molecule has 2 heterocycles. The Kier molecular flexibility index (Phi) is 11.3. The number of rotatable bonds is 17. The van der Waals surface area contributed by atoms with Crippen molar-refractivity contribution < 1.29 is 14.3 Å². The number of benzene rings is 4. The monoisotopic (exact) mass is 664 g/mol. The molecule has 0 bridgehead atoms. The lowest BCUT2D eigenvalue weighted by molar-refractivity contribution is 0.0224. The number of fused-ring (bicyclic) bond motifs is 6. The van der Waals surface area contributed by atoms with Crippen LogP contribution in [-0.4, -0.2) is 19.1 Å². The molecule has 5 nitrogen and oxygen atoms in total. The molecule has 2 aliphatic rings. The summed E-state index contributed by atoms with van der Waals surface area (Å²) in [6, 6.07) is 27.9. The second-order valence-electron chi connectivity index (χ2n) is 13.3. The van der Waals surface area contributed by atoms with Gasteiger partial charge in [0.25, 0.3) is 0 Å². The van der Waals surface area contributed by atoms with E-state index in [-0.39, 0.29) is 5.97 Å². The second kappa shape index (κ2) is 16.0. The lowest BCUT2D eigenvalue weighted by Gasteiger charge is -2.37. The van der Waals surface area contributed by atoms with Gasteiger partial charge in [-0.05, 0) is 73.5 Å². The van der Waals surface area contributed by atoms with Gasteiger partial charge in [0.05, 0.1) is 5.56 Å². The van der Waals surface area contributed by atoms with Crippen molar-refractivity contribution in [3.05, 3.63) is 112 Å². The lowest BCUT2D eigenvalue weighted by Crippen LogP contribution is -2.33. The number of unbranched alkanes of at least 4 members (excludes halogenated alkanes) is 10. The van der Waals surface area contributed by atoms with Crippen molar-refractivity contribution >= 4 is 34.6 Å².